The maximum atomic E-state index is 9.04. The van der Waals surface area contributed by atoms with Crippen molar-refractivity contribution in [2.24, 2.45) is 0 Å². The molecule has 0 bridgehead atoms. The van der Waals surface area contributed by atoms with Gasteiger partial charge >= 0.3 is 0 Å². The zero-order valence-electron chi connectivity index (χ0n) is 9.17. The Morgan fingerprint density at radius 3 is 2.31 bits per heavy atom. The zero-order chi connectivity index (χ0) is 12.1. The van der Waals surface area contributed by atoms with Crippen molar-refractivity contribution in [1.82, 2.24) is 0 Å². The molecule has 0 aliphatic heterocycles. The summed E-state index contributed by atoms with van der Waals surface area (Å²) in [5, 5.41) is 9.04. The normalized spacial score (nSPS) is 12.6. The second kappa shape index (κ2) is 6.59. The number of aliphatic hydroxyl groups excluding tert-OH is 1. The molecule has 1 rings (SSSR count). The van der Waals surface area contributed by atoms with Gasteiger partial charge in [-0.15, -0.1) is 0 Å². The van der Waals surface area contributed by atoms with Gasteiger partial charge in [0.2, 0.25) is 0 Å². The van der Waals surface area contributed by atoms with Crippen LogP contribution < -0.4 is 4.74 Å². The fourth-order valence-corrected chi connectivity index (χ4v) is 2.75. The van der Waals surface area contributed by atoms with Crippen LogP contribution in [0.15, 0.2) is 21.1 Å². The minimum atomic E-state index is -0.0300. The van der Waals surface area contributed by atoms with Gasteiger partial charge in [-0.25, -0.2) is 0 Å². The van der Waals surface area contributed by atoms with Crippen LogP contribution in [0.1, 0.15) is 12.5 Å². The molecule has 0 saturated heterocycles. The van der Waals surface area contributed by atoms with E-state index in [2.05, 4.69) is 31.9 Å². The van der Waals surface area contributed by atoms with Crippen LogP contribution in [0.2, 0.25) is 0 Å². The van der Waals surface area contributed by atoms with Crippen molar-refractivity contribution >= 4 is 31.9 Å². The summed E-state index contributed by atoms with van der Waals surface area (Å²) in [6.07, 6.45) is -0.0300. The van der Waals surface area contributed by atoms with Crippen molar-refractivity contribution in [3.63, 3.8) is 0 Å². The summed E-state index contributed by atoms with van der Waals surface area (Å²) in [7, 11) is 1.64. The van der Waals surface area contributed by atoms with Crippen molar-refractivity contribution in [3.05, 3.63) is 26.6 Å². The highest BCUT2D eigenvalue weighted by molar-refractivity contribution is 9.11. The van der Waals surface area contributed by atoms with E-state index in [9.17, 15) is 0 Å². The highest BCUT2D eigenvalue weighted by atomic mass is 79.9. The number of halogens is 2. The lowest BCUT2D eigenvalue weighted by Crippen LogP contribution is -2.18. The van der Waals surface area contributed by atoms with Gasteiger partial charge in [0, 0.05) is 7.11 Å². The average molecular weight is 354 g/mol. The molecule has 0 fully saturated rings. The summed E-state index contributed by atoms with van der Waals surface area (Å²) in [4.78, 5) is 0. The van der Waals surface area contributed by atoms with E-state index in [1.54, 1.807) is 7.11 Å². The lowest BCUT2D eigenvalue weighted by Gasteiger charge is -2.17. The van der Waals surface area contributed by atoms with Crippen LogP contribution in [0.3, 0.4) is 0 Å². The lowest BCUT2D eigenvalue weighted by molar-refractivity contribution is 0.0910. The van der Waals surface area contributed by atoms with E-state index in [4.69, 9.17) is 14.6 Å². The second-order valence-corrected chi connectivity index (χ2v) is 5.14. The minimum absolute atomic E-state index is 0.00506. The maximum absolute atomic E-state index is 9.04. The summed E-state index contributed by atoms with van der Waals surface area (Å²) >= 11 is 6.82. The van der Waals surface area contributed by atoms with Crippen LogP contribution in [0.5, 0.6) is 5.75 Å². The van der Waals surface area contributed by atoms with Gasteiger partial charge in [0.25, 0.3) is 0 Å². The predicted molar refractivity (Wildman–Crippen MR) is 69.7 cm³/mol. The molecule has 0 spiro atoms. The van der Waals surface area contributed by atoms with Gasteiger partial charge < -0.3 is 14.6 Å². The Morgan fingerprint density at radius 1 is 1.31 bits per heavy atom. The molecule has 5 heteroatoms. The summed E-state index contributed by atoms with van der Waals surface area (Å²) in [5.74, 6) is 0.724. The molecular formula is C11H14Br2O3. The van der Waals surface area contributed by atoms with Crippen molar-refractivity contribution in [3.8, 4) is 5.75 Å². The number of ether oxygens (including phenoxy) is 2. The van der Waals surface area contributed by atoms with E-state index in [1.165, 1.54) is 0 Å². The fraction of sp³-hybridized carbons (Fsp3) is 0.455. The van der Waals surface area contributed by atoms with E-state index in [-0.39, 0.29) is 12.7 Å². The van der Waals surface area contributed by atoms with Gasteiger partial charge in [-0.05, 0) is 56.5 Å². The topological polar surface area (TPSA) is 38.7 Å². The van der Waals surface area contributed by atoms with Crippen LogP contribution in [0.4, 0.5) is 0 Å². The second-order valence-electron chi connectivity index (χ2n) is 3.43. The molecule has 0 aliphatic carbocycles. The Bertz CT molecular complexity index is 332. The molecule has 1 N–H and O–H groups in total. The predicted octanol–water partition coefficient (Wildman–Crippen LogP) is 3.12. The summed E-state index contributed by atoms with van der Waals surface area (Å²) in [6, 6.07) is 3.67. The number of methoxy groups -OCH3 is 1. The SMILES string of the molecule is COCC(C)Oc1c(Br)cc(CO)cc1Br. The highest BCUT2D eigenvalue weighted by Crippen LogP contribution is 2.35. The third-order valence-electron chi connectivity index (χ3n) is 1.96. The van der Waals surface area contributed by atoms with E-state index >= 15 is 0 Å². The molecule has 0 aromatic heterocycles. The molecule has 1 aromatic carbocycles. The molecule has 16 heavy (non-hydrogen) atoms. The molecule has 1 aromatic rings. The van der Waals surface area contributed by atoms with E-state index in [0.717, 1.165) is 20.3 Å². The molecule has 90 valence electrons. The van der Waals surface area contributed by atoms with Crippen LogP contribution in [0, 0.1) is 0 Å². The first-order valence-corrected chi connectivity index (χ1v) is 6.41. The molecule has 1 unspecified atom stereocenters. The van der Waals surface area contributed by atoms with Crippen LogP contribution in [-0.4, -0.2) is 24.9 Å². The first-order valence-electron chi connectivity index (χ1n) is 4.82. The molecule has 1 atom stereocenters. The molecule has 0 heterocycles. The van der Waals surface area contributed by atoms with Gasteiger partial charge in [0.05, 0.1) is 22.2 Å². The summed E-state index contributed by atoms with van der Waals surface area (Å²) in [6.45, 7) is 2.47. The smallest absolute Gasteiger partial charge is 0.148 e. The van der Waals surface area contributed by atoms with Gasteiger partial charge in [-0.1, -0.05) is 0 Å². The Labute approximate surface area is 112 Å². The molecule has 3 nitrogen and oxygen atoms in total. The third kappa shape index (κ3) is 3.73. The first kappa shape index (κ1) is 14.0. The highest BCUT2D eigenvalue weighted by Gasteiger charge is 2.12. The third-order valence-corrected chi connectivity index (χ3v) is 3.14. The number of aliphatic hydroxyl groups is 1. The number of hydrogen-bond acceptors (Lipinski definition) is 3. The van der Waals surface area contributed by atoms with Crippen LogP contribution in [0.25, 0.3) is 0 Å². The van der Waals surface area contributed by atoms with Crippen LogP contribution in [-0.2, 0) is 11.3 Å². The van der Waals surface area contributed by atoms with Crippen LogP contribution >= 0.6 is 31.9 Å². The van der Waals surface area contributed by atoms with E-state index in [0.29, 0.717) is 6.61 Å². The Kier molecular flexibility index (Phi) is 5.75. The Hall–Kier alpha value is -0.100. The maximum Gasteiger partial charge on any atom is 0.148 e. The van der Waals surface area contributed by atoms with Crippen molar-refractivity contribution in [2.75, 3.05) is 13.7 Å². The monoisotopic (exact) mass is 352 g/mol. The fourth-order valence-electron chi connectivity index (χ4n) is 1.29. The van der Waals surface area contributed by atoms with Crippen molar-refractivity contribution in [2.45, 2.75) is 19.6 Å². The molecule has 0 radical (unpaired) electrons. The first-order chi connectivity index (χ1) is 7.58. The average Bonchev–Trinajstić information content (AvgIpc) is 2.23. The van der Waals surface area contributed by atoms with Gasteiger partial charge in [0.15, 0.2) is 0 Å². The van der Waals surface area contributed by atoms with Crippen molar-refractivity contribution < 1.29 is 14.6 Å². The molecular weight excluding hydrogens is 340 g/mol. The van der Waals surface area contributed by atoms with E-state index in [1.807, 2.05) is 19.1 Å². The van der Waals surface area contributed by atoms with E-state index < -0.39 is 0 Å². The molecule has 0 aliphatic rings. The van der Waals surface area contributed by atoms with Gasteiger partial charge in [-0.3, -0.25) is 0 Å². The molecule has 0 amide bonds. The lowest BCUT2D eigenvalue weighted by atomic mass is 10.2. The number of hydrogen-bond donors (Lipinski definition) is 1. The van der Waals surface area contributed by atoms with Gasteiger partial charge in [-0.2, -0.15) is 0 Å². The summed E-state index contributed by atoms with van der Waals surface area (Å²) < 4.78 is 12.3. The van der Waals surface area contributed by atoms with Crippen molar-refractivity contribution in [1.29, 1.82) is 0 Å². The number of benzene rings is 1. The summed E-state index contributed by atoms with van der Waals surface area (Å²) in [5.41, 5.74) is 0.825. The largest absolute Gasteiger partial charge is 0.486 e. The Balaban J connectivity index is 2.87. The molecule has 0 saturated carbocycles. The number of rotatable bonds is 5. The zero-order valence-corrected chi connectivity index (χ0v) is 12.3. The Morgan fingerprint density at radius 2 is 1.88 bits per heavy atom. The standard InChI is InChI=1S/C11H14Br2O3/c1-7(6-15-2)16-11-9(12)3-8(5-14)4-10(11)13/h3-4,7,14H,5-6H2,1-2H3. The quantitative estimate of drug-likeness (QED) is 0.883. The van der Waals surface area contributed by atoms with Gasteiger partial charge in [0.1, 0.15) is 11.9 Å². The minimum Gasteiger partial charge on any atom is -0.486 e.